The maximum Gasteiger partial charge on any atom is 0.161 e. The molecule has 2 nitrogen and oxygen atoms in total. The van der Waals surface area contributed by atoms with Gasteiger partial charge in [-0.25, -0.2) is 4.39 Å². The van der Waals surface area contributed by atoms with Gasteiger partial charge in [0, 0.05) is 5.56 Å². The number of rotatable bonds is 2. The molecule has 0 saturated heterocycles. The largest absolute Gasteiger partial charge is 0.294 e. The fourth-order valence-corrected chi connectivity index (χ4v) is 1.27. The maximum absolute atomic E-state index is 13.2. The lowest BCUT2D eigenvalue weighted by molar-refractivity contribution is 0.101. The third kappa shape index (κ3) is 1.80. The number of carbonyl (C=O) groups is 1. The molecule has 0 N–H and O–H groups in total. The molecule has 14 heavy (non-hydrogen) atoms. The van der Waals surface area contributed by atoms with Gasteiger partial charge in [-0.15, -0.1) is 0 Å². The topological polar surface area (TPSA) is 40.9 Å². The van der Waals surface area contributed by atoms with Crippen molar-refractivity contribution in [1.82, 2.24) is 0 Å². The Morgan fingerprint density at radius 1 is 1.57 bits per heavy atom. The van der Waals surface area contributed by atoms with Gasteiger partial charge in [0.25, 0.3) is 0 Å². The van der Waals surface area contributed by atoms with Crippen LogP contribution in [0.4, 0.5) is 4.39 Å². The van der Waals surface area contributed by atoms with Crippen LogP contribution in [0, 0.1) is 17.1 Å². The summed E-state index contributed by atoms with van der Waals surface area (Å²) < 4.78 is 13.2. The van der Waals surface area contributed by atoms with Crippen molar-refractivity contribution >= 4 is 5.78 Å². The minimum absolute atomic E-state index is 0.104. The van der Waals surface area contributed by atoms with Crippen LogP contribution in [0.15, 0.2) is 12.1 Å². The van der Waals surface area contributed by atoms with Crippen molar-refractivity contribution < 1.29 is 9.18 Å². The maximum atomic E-state index is 13.2. The second-order valence-electron chi connectivity index (χ2n) is 3.01. The molecule has 0 fully saturated rings. The number of nitrogens with zero attached hydrogens (tertiary/aromatic N) is 1. The molecule has 0 aliphatic heterocycles. The van der Waals surface area contributed by atoms with E-state index in [1.54, 1.807) is 6.92 Å². The average molecular weight is 191 g/mol. The number of Topliss-reactive ketones (excluding diaryl/α,β-unsaturated/α-hetero) is 1. The summed E-state index contributed by atoms with van der Waals surface area (Å²) in [6.07, 6.45) is 0.512. The molecule has 0 heterocycles. The van der Waals surface area contributed by atoms with Crippen LogP contribution in [0.1, 0.15) is 35.3 Å². The van der Waals surface area contributed by atoms with Crippen LogP contribution in [0.3, 0.4) is 0 Å². The van der Waals surface area contributed by atoms with Gasteiger partial charge in [-0.2, -0.15) is 5.26 Å². The number of hydrogen-bond donors (Lipinski definition) is 0. The molecule has 0 saturated carbocycles. The van der Waals surface area contributed by atoms with Crippen molar-refractivity contribution in [3.63, 3.8) is 0 Å². The summed E-state index contributed by atoms with van der Waals surface area (Å²) in [6, 6.07) is 4.38. The molecule has 72 valence electrons. The number of hydrogen-bond acceptors (Lipinski definition) is 2. The van der Waals surface area contributed by atoms with Gasteiger partial charge in [-0.05, 0) is 31.0 Å². The molecule has 0 amide bonds. The van der Waals surface area contributed by atoms with Gasteiger partial charge in [0.2, 0.25) is 0 Å². The normalized spacial score (nSPS) is 9.57. The fourth-order valence-electron chi connectivity index (χ4n) is 1.27. The minimum Gasteiger partial charge on any atom is -0.294 e. The van der Waals surface area contributed by atoms with Gasteiger partial charge >= 0.3 is 0 Å². The highest BCUT2D eigenvalue weighted by atomic mass is 19.1. The number of ketones is 1. The molecule has 0 aromatic heterocycles. The van der Waals surface area contributed by atoms with E-state index in [4.69, 9.17) is 5.26 Å². The fraction of sp³-hybridized carbons (Fsp3) is 0.273. The molecule has 1 rings (SSSR count). The summed E-state index contributed by atoms with van der Waals surface area (Å²) in [7, 11) is 0. The Balaban J connectivity index is 3.42. The number of carbonyl (C=O) groups excluding carboxylic acids is 1. The molecule has 0 aliphatic rings. The van der Waals surface area contributed by atoms with Crippen LogP contribution in [0.2, 0.25) is 0 Å². The standard InChI is InChI=1S/C11H10FNO/c1-3-8-4-10(7(2)14)9(6-13)5-11(8)12/h4-5H,3H2,1-2H3. The third-order valence-corrected chi connectivity index (χ3v) is 2.07. The molecular weight excluding hydrogens is 181 g/mol. The van der Waals surface area contributed by atoms with E-state index < -0.39 is 5.82 Å². The highest BCUT2D eigenvalue weighted by Gasteiger charge is 2.11. The predicted octanol–water partition coefficient (Wildman–Crippen LogP) is 2.46. The van der Waals surface area contributed by atoms with Crippen molar-refractivity contribution in [2.24, 2.45) is 0 Å². The van der Waals surface area contributed by atoms with Gasteiger partial charge in [-0.1, -0.05) is 6.92 Å². The number of benzene rings is 1. The first kappa shape index (κ1) is 10.4. The Morgan fingerprint density at radius 3 is 2.64 bits per heavy atom. The zero-order valence-corrected chi connectivity index (χ0v) is 8.10. The summed E-state index contributed by atoms with van der Waals surface area (Å²) in [5.74, 6) is -0.634. The van der Waals surface area contributed by atoms with E-state index in [0.29, 0.717) is 17.5 Å². The predicted molar refractivity (Wildman–Crippen MR) is 50.5 cm³/mol. The zero-order chi connectivity index (χ0) is 10.7. The summed E-state index contributed by atoms with van der Waals surface area (Å²) in [5.41, 5.74) is 0.868. The van der Waals surface area contributed by atoms with Crippen molar-refractivity contribution in [2.75, 3.05) is 0 Å². The van der Waals surface area contributed by atoms with Crippen molar-refractivity contribution in [3.05, 3.63) is 34.6 Å². The molecule has 0 bridgehead atoms. The summed E-state index contributed by atoms with van der Waals surface area (Å²) in [6.45, 7) is 3.17. The van der Waals surface area contributed by atoms with Crippen LogP contribution in [-0.2, 0) is 6.42 Å². The van der Waals surface area contributed by atoms with Crippen LogP contribution in [-0.4, -0.2) is 5.78 Å². The second kappa shape index (κ2) is 4.01. The molecule has 3 heteroatoms. The first-order valence-electron chi connectivity index (χ1n) is 4.33. The summed E-state index contributed by atoms with van der Waals surface area (Å²) in [4.78, 5) is 11.1. The van der Waals surface area contributed by atoms with Crippen LogP contribution in [0.25, 0.3) is 0 Å². The quantitative estimate of drug-likeness (QED) is 0.674. The van der Waals surface area contributed by atoms with Gasteiger partial charge in [0.05, 0.1) is 11.6 Å². The van der Waals surface area contributed by atoms with Gasteiger partial charge < -0.3 is 0 Å². The highest BCUT2D eigenvalue weighted by molar-refractivity contribution is 5.96. The van der Waals surface area contributed by atoms with Gasteiger partial charge in [0.15, 0.2) is 5.78 Å². The lowest BCUT2D eigenvalue weighted by atomic mass is 10.0. The summed E-state index contributed by atoms with van der Waals surface area (Å²) in [5, 5.41) is 8.69. The molecule has 0 unspecified atom stereocenters. The molecule has 1 aromatic carbocycles. The smallest absolute Gasteiger partial charge is 0.161 e. The Morgan fingerprint density at radius 2 is 2.21 bits per heavy atom. The molecule has 0 spiro atoms. The van der Waals surface area contributed by atoms with Crippen molar-refractivity contribution in [1.29, 1.82) is 5.26 Å². The van der Waals surface area contributed by atoms with E-state index in [1.807, 2.05) is 6.07 Å². The highest BCUT2D eigenvalue weighted by Crippen LogP contribution is 2.16. The van der Waals surface area contributed by atoms with Crippen LogP contribution < -0.4 is 0 Å². The Labute approximate surface area is 82.0 Å². The van der Waals surface area contributed by atoms with Crippen LogP contribution >= 0.6 is 0 Å². The SMILES string of the molecule is CCc1cc(C(C)=O)c(C#N)cc1F. The van der Waals surface area contributed by atoms with Crippen molar-refractivity contribution in [3.8, 4) is 6.07 Å². The Hall–Kier alpha value is -1.69. The lowest BCUT2D eigenvalue weighted by Crippen LogP contribution is -2.01. The molecule has 0 radical (unpaired) electrons. The van der Waals surface area contributed by atoms with E-state index >= 15 is 0 Å². The lowest BCUT2D eigenvalue weighted by Gasteiger charge is -2.04. The first-order valence-corrected chi connectivity index (χ1v) is 4.33. The summed E-state index contributed by atoms with van der Waals surface area (Å²) >= 11 is 0. The molecule has 1 aromatic rings. The third-order valence-electron chi connectivity index (χ3n) is 2.07. The zero-order valence-electron chi connectivity index (χ0n) is 8.10. The second-order valence-corrected chi connectivity index (χ2v) is 3.01. The molecular formula is C11H10FNO. The minimum atomic E-state index is -0.422. The Kier molecular flexibility index (Phi) is 2.98. The number of aryl methyl sites for hydroxylation is 1. The monoisotopic (exact) mass is 191 g/mol. The number of halogens is 1. The number of nitriles is 1. The van der Waals surface area contributed by atoms with E-state index in [2.05, 4.69) is 0 Å². The van der Waals surface area contributed by atoms with E-state index in [-0.39, 0.29) is 11.3 Å². The molecule has 0 atom stereocenters. The van der Waals surface area contributed by atoms with E-state index in [9.17, 15) is 9.18 Å². The van der Waals surface area contributed by atoms with Gasteiger partial charge in [0.1, 0.15) is 5.82 Å². The molecule has 0 aliphatic carbocycles. The van der Waals surface area contributed by atoms with Crippen LogP contribution in [0.5, 0.6) is 0 Å². The average Bonchev–Trinajstić information content (AvgIpc) is 2.16. The van der Waals surface area contributed by atoms with Gasteiger partial charge in [-0.3, -0.25) is 4.79 Å². The van der Waals surface area contributed by atoms with E-state index in [1.165, 1.54) is 13.0 Å². The van der Waals surface area contributed by atoms with Crippen molar-refractivity contribution in [2.45, 2.75) is 20.3 Å². The first-order chi connectivity index (χ1) is 6.60. The van der Waals surface area contributed by atoms with E-state index in [0.717, 1.165) is 6.07 Å². The Bertz CT molecular complexity index is 418.